The van der Waals surface area contributed by atoms with Crippen LogP contribution in [-0.2, 0) is 4.79 Å². The number of piperazine rings is 1. The van der Waals surface area contributed by atoms with Crippen LogP contribution in [0.4, 0.5) is 0 Å². The minimum atomic E-state index is 0.0345. The number of carbonyl (C=O) groups excluding carboxylic acids is 2. The normalized spacial score (nSPS) is 14.6. The summed E-state index contributed by atoms with van der Waals surface area (Å²) >= 11 is 0. The van der Waals surface area contributed by atoms with Crippen LogP contribution in [0.2, 0.25) is 0 Å². The quantitative estimate of drug-likeness (QED) is 0.797. The summed E-state index contributed by atoms with van der Waals surface area (Å²) in [6, 6.07) is 13.7. The van der Waals surface area contributed by atoms with E-state index < -0.39 is 0 Å². The van der Waals surface area contributed by atoms with Crippen molar-refractivity contribution in [1.82, 2.24) is 9.80 Å². The van der Waals surface area contributed by atoms with Crippen molar-refractivity contribution in [3.05, 3.63) is 59.7 Å². The summed E-state index contributed by atoms with van der Waals surface area (Å²) < 4.78 is 0. The van der Waals surface area contributed by atoms with Crippen LogP contribution >= 0.6 is 0 Å². The fraction of sp³-hybridized carbons (Fsp3) is 0.300. The predicted octanol–water partition coefficient (Wildman–Crippen LogP) is 3.09. The van der Waals surface area contributed by atoms with E-state index in [-0.39, 0.29) is 11.8 Å². The zero-order valence-corrected chi connectivity index (χ0v) is 14.2. The molecule has 2 aromatic carbocycles. The van der Waals surface area contributed by atoms with Gasteiger partial charge in [0.2, 0.25) is 5.91 Å². The molecular formula is C20H22N2O2. The van der Waals surface area contributed by atoms with Crippen LogP contribution in [0.1, 0.15) is 24.2 Å². The van der Waals surface area contributed by atoms with Gasteiger partial charge in [0.25, 0.3) is 5.91 Å². The number of fused-ring (bicyclic) bond motifs is 1. The van der Waals surface area contributed by atoms with E-state index in [4.69, 9.17) is 0 Å². The second-order valence-corrected chi connectivity index (χ2v) is 6.37. The smallest absolute Gasteiger partial charge is 0.254 e. The van der Waals surface area contributed by atoms with Crippen LogP contribution in [0.3, 0.4) is 0 Å². The molecule has 2 aromatic rings. The molecule has 2 amide bonds. The van der Waals surface area contributed by atoms with Crippen molar-refractivity contribution in [2.45, 2.75) is 13.8 Å². The van der Waals surface area contributed by atoms with Crippen LogP contribution in [0.25, 0.3) is 10.8 Å². The van der Waals surface area contributed by atoms with E-state index in [2.05, 4.69) is 0 Å². The molecule has 1 fully saturated rings. The summed E-state index contributed by atoms with van der Waals surface area (Å²) in [5.74, 6) is 0.0772. The molecule has 0 N–H and O–H groups in total. The lowest BCUT2D eigenvalue weighted by Crippen LogP contribution is -2.50. The Labute approximate surface area is 142 Å². The summed E-state index contributed by atoms with van der Waals surface area (Å²) in [4.78, 5) is 28.6. The van der Waals surface area contributed by atoms with Gasteiger partial charge in [-0.15, -0.1) is 0 Å². The maximum Gasteiger partial charge on any atom is 0.254 e. The van der Waals surface area contributed by atoms with Crippen molar-refractivity contribution < 1.29 is 9.59 Å². The third-order valence-corrected chi connectivity index (χ3v) is 4.31. The number of nitrogens with zero attached hydrogens (tertiary/aromatic N) is 2. The Morgan fingerprint density at radius 1 is 0.875 bits per heavy atom. The molecule has 1 saturated heterocycles. The first-order valence-corrected chi connectivity index (χ1v) is 8.27. The Bertz CT molecular complexity index is 793. The first kappa shape index (κ1) is 16.2. The van der Waals surface area contributed by atoms with Gasteiger partial charge in [0, 0.05) is 37.8 Å². The molecule has 4 nitrogen and oxygen atoms in total. The lowest BCUT2D eigenvalue weighted by Gasteiger charge is -2.34. The van der Waals surface area contributed by atoms with Gasteiger partial charge in [0.1, 0.15) is 0 Å². The van der Waals surface area contributed by atoms with Crippen molar-refractivity contribution in [1.29, 1.82) is 0 Å². The minimum Gasteiger partial charge on any atom is -0.336 e. The molecule has 0 spiro atoms. The topological polar surface area (TPSA) is 40.6 Å². The van der Waals surface area contributed by atoms with Crippen molar-refractivity contribution in [3.63, 3.8) is 0 Å². The summed E-state index contributed by atoms with van der Waals surface area (Å²) in [6.07, 6.45) is 1.65. The summed E-state index contributed by atoms with van der Waals surface area (Å²) in [5.41, 5.74) is 1.73. The maximum absolute atomic E-state index is 12.9. The summed E-state index contributed by atoms with van der Waals surface area (Å²) in [6.45, 7) is 6.14. The van der Waals surface area contributed by atoms with Gasteiger partial charge in [0.15, 0.2) is 0 Å². The van der Waals surface area contributed by atoms with Gasteiger partial charge in [0.05, 0.1) is 0 Å². The van der Waals surface area contributed by atoms with Gasteiger partial charge in [-0.05, 0) is 30.7 Å². The highest BCUT2D eigenvalue weighted by molar-refractivity contribution is 6.07. The Kier molecular flexibility index (Phi) is 4.65. The van der Waals surface area contributed by atoms with Crippen molar-refractivity contribution >= 4 is 22.6 Å². The maximum atomic E-state index is 12.9. The number of rotatable bonds is 2. The van der Waals surface area contributed by atoms with Crippen LogP contribution < -0.4 is 0 Å². The van der Waals surface area contributed by atoms with Crippen LogP contribution in [-0.4, -0.2) is 47.8 Å². The van der Waals surface area contributed by atoms with E-state index in [9.17, 15) is 9.59 Å². The molecule has 124 valence electrons. The number of allylic oxidation sites excluding steroid dienone is 1. The van der Waals surface area contributed by atoms with Gasteiger partial charge in [-0.2, -0.15) is 0 Å². The predicted molar refractivity (Wildman–Crippen MR) is 95.9 cm³/mol. The molecule has 0 bridgehead atoms. The van der Waals surface area contributed by atoms with Crippen LogP contribution in [0.5, 0.6) is 0 Å². The molecular weight excluding hydrogens is 300 g/mol. The largest absolute Gasteiger partial charge is 0.336 e. The van der Waals surface area contributed by atoms with E-state index in [0.29, 0.717) is 26.2 Å². The van der Waals surface area contributed by atoms with Gasteiger partial charge in [-0.1, -0.05) is 42.0 Å². The zero-order chi connectivity index (χ0) is 17.1. The zero-order valence-electron chi connectivity index (χ0n) is 14.2. The van der Waals surface area contributed by atoms with Crippen molar-refractivity contribution in [2.24, 2.45) is 0 Å². The fourth-order valence-electron chi connectivity index (χ4n) is 3.05. The number of benzene rings is 2. The second-order valence-electron chi connectivity index (χ2n) is 6.37. The van der Waals surface area contributed by atoms with Gasteiger partial charge >= 0.3 is 0 Å². The first-order valence-electron chi connectivity index (χ1n) is 8.27. The molecule has 0 atom stereocenters. The number of carbonyl (C=O) groups is 2. The van der Waals surface area contributed by atoms with Crippen LogP contribution in [0.15, 0.2) is 54.1 Å². The molecule has 0 unspecified atom stereocenters. The average Bonchev–Trinajstić information content (AvgIpc) is 2.60. The van der Waals surface area contributed by atoms with E-state index in [1.807, 2.05) is 61.2 Å². The third-order valence-electron chi connectivity index (χ3n) is 4.31. The summed E-state index contributed by atoms with van der Waals surface area (Å²) in [5, 5.41) is 2.05. The monoisotopic (exact) mass is 322 g/mol. The Balaban J connectivity index is 1.73. The number of hydrogen-bond acceptors (Lipinski definition) is 2. The molecule has 1 heterocycles. The molecule has 3 rings (SSSR count). The fourth-order valence-corrected chi connectivity index (χ4v) is 3.05. The van der Waals surface area contributed by atoms with Gasteiger partial charge in [-0.3, -0.25) is 9.59 Å². The third kappa shape index (κ3) is 3.32. The molecule has 4 heteroatoms. The molecule has 0 saturated carbocycles. The SMILES string of the molecule is CC(C)=CC(=O)N1CCN(C(=O)c2cccc3ccccc23)CC1. The van der Waals surface area contributed by atoms with Gasteiger partial charge < -0.3 is 9.80 Å². The second kappa shape index (κ2) is 6.87. The Morgan fingerprint density at radius 2 is 1.50 bits per heavy atom. The van der Waals surface area contributed by atoms with E-state index >= 15 is 0 Å². The standard InChI is InChI=1S/C20H22N2O2/c1-15(2)14-19(23)21-10-12-22(13-11-21)20(24)18-9-5-7-16-6-3-4-8-17(16)18/h3-9,14H,10-13H2,1-2H3. The molecule has 0 aliphatic carbocycles. The average molecular weight is 322 g/mol. The molecule has 1 aliphatic rings. The van der Waals surface area contributed by atoms with E-state index in [1.165, 1.54) is 0 Å². The highest BCUT2D eigenvalue weighted by atomic mass is 16.2. The Morgan fingerprint density at radius 3 is 2.21 bits per heavy atom. The van der Waals surface area contributed by atoms with Crippen molar-refractivity contribution in [3.8, 4) is 0 Å². The summed E-state index contributed by atoms with van der Waals surface area (Å²) in [7, 11) is 0. The lowest BCUT2D eigenvalue weighted by molar-refractivity contribution is -0.127. The van der Waals surface area contributed by atoms with E-state index in [0.717, 1.165) is 21.9 Å². The van der Waals surface area contributed by atoms with Crippen LogP contribution in [0, 0.1) is 0 Å². The molecule has 1 aliphatic heterocycles. The minimum absolute atomic E-state index is 0.0345. The van der Waals surface area contributed by atoms with Gasteiger partial charge in [-0.25, -0.2) is 0 Å². The van der Waals surface area contributed by atoms with E-state index in [1.54, 1.807) is 11.0 Å². The lowest BCUT2D eigenvalue weighted by atomic mass is 10.0. The highest BCUT2D eigenvalue weighted by Gasteiger charge is 2.24. The van der Waals surface area contributed by atoms with Crippen molar-refractivity contribution in [2.75, 3.05) is 26.2 Å². The highest BCUT2D eigenvalue weighted by Crippen LogP contribution is 2.20. The molecule has 0 aromatic heterocycles. The molecule has 0 radical (unpaired) electrons. The molecule has 24 heavy (non-hydrogen) atoms. The Hall–Kier alpha value is -2.62. The first-order chi connectivity index (χ1) is 11.6. The number of amides is 2. The number of hydrogen-bond donors (Lipinski definition) is 0.